The van der Waals surface area contributed by atoms with Crippen molar-refractivity contribution in [3.63, 3.8) is 0 Å². The Morgan fingerprint density at radius 3 is 2.67 bits per heavy atom. The molecule has 0 atom stereocenters. The van der Waals surface area contributed by atoms with Gasteiger partial charge in [-0.05, 0) is 13.3 Å². The van der Waals surface area contributed by atoms with E-state index in [1.54, 1.807) is 6.92 Å². The highest BCUT2D eigenvalue weighted by atomic mass is 16.5. The number of nitrogen functional groups attached to an aromatic ring is 1. The van der Waals surface area contributed by atoms with Crippen molar-refractivity contribution in [1.29, 1.82) is 0 Å². The van der Waals surface area contributed by atoms with Crippen LogP contribution in [0.5, 0.6) is 0 Å². The van der Waals surface area contributed by atoms with Crippen molar-refractivity contribution >= 4 is 11.7 Å². The number of hydrogen-bond acceptors (Lipinski definition) is 5. The van der Waals surface area contributed by atoms with Gasteiger partial charge >= 0.3 is 11.7 Å². The largest absolute Gasteiger partial charge is 0.469 e. The van der Waals surface area contributed by atoms with Crippen LogP contribution in [-0.2, 0) is 22.6 Å². The highest BCUT2D eigenvalue weighted by Crippen LogP contribution is 1.95. The van der Waals surface area contributed by atoms with Gasteiger partial charge in [-0.15, -0.1) is 0 Å². The number of hydrogen-bond donors (Lipinski definition) is 1. The van der Waals surface area contributed by atoms with E-state index in [1.807, 2.05) is 0 Å². The number of carbonyl (C=O) groups excluding carboxylic acids is 1. The molecule has 1 aromatic heterocycles. The Labute approximate surface area is 104 Å². The molecule has 1 aromatic rings. The maximum Gasteiger partial charge on any atom is 0.331 e. The predicted octanol–water partition coefficient (Wildman–Crippen LogP) is -0.435. The van der Waals surface area contributed by atoms with E-state index >= 15 is 0 Å². The van der Waals surface area contributed by atoms with Crippen LogP contribution in [0, 0.1) is 0 Å². The van der Waals surface area contributed by atoms with Gasteiger partial charge in [-0.2, -0.15) is 0 Å². The van der Waals surface area contributed by atoms with Gasteiger partial charge in [-0.25, -0.2) is 4.79 Å². The zero-order chi connectivity index (χ0) is 13.7. The monoisotopic (exact) mass is 255 g/mol. The second-order valence-electron chi connectivity index (χ2n) is 3.79. The second kappa shape index (κ2) is 6.04. The molecule has 0 fully saturated rings. The average molecular weight is 255 g/mol. The third kappa shape index (κ3) is 2.99. The SMILES string of the molecule is CCn1cc(N)c(=O)n(CCCC(=O)OC)c1=O. The van der Waals surface area contributed by atoms with Crippen molar-refractivity contribution in [3.05, 3.63) is 27.0 Å². The lowest BCUT2D eigenvalue weighted by Gasteiger charge is -2.09. The van der Waals surface area contributed by atoms with Crippen LogP contribution in [0.2, 0.25) is 0 Å². The quantitative estimate of drug-likeness (QED) is 0.720. The summed E-state index contributed by atoms with van der Waals surface area (Å²) in [5.41, 5.74) is 4.63. The first kappa shape index (κ1) is 14.0. The predicted molar refractivity (Wildman–Crippen MR) is 66.3 cm³/mol. The fraction of sp³-hybridized carbons (Fsp3) is 0.545. The molecule has 0 aliphatic heterocycles. The van der Waals surface area contributed by atoms with E-state index in [9.17, 15) is 14.4 Å². The standard InChI is InChI=1S/C11H17N3O4/c1-3-13-7-8(12)10(16)14(11(13)17)6-4-5-9(15)18-2/h7H,3-6,12H2,1-2H3. The topological polar surface area (TPSA) is 96.3 Å². The number of methoxy groups -OCH3 is 1. The van der Waals surface area contributed by atoms with Crippen molar-refractivity contribution in [3.8, 4) is 0 Å². The normalized spacial score (nSPS) is 10.3. The third-order valence-corrected chi connectivity index (χ3v) is 2.59. The molecule has 1 rings (SSSR count). The molecular weight excluding hydrogens is 238 g/mol. The van der Waals surface area contributed by atoms with Gasteiger partial charge in [-0.3, -0.25) is 18.7 Å². The number of nitrogens with zero attached hydrogens (tertiary/aromatic N) is 2. The van der Waals surface area contributed by atoms with Crippen molar-refractivity contribution in [2.24, 2.45) is 0 Å². The van der Waals surface area contributed by atoms with Gasteiger partial charge in [-0.1, -0.05) is 0 Å². The molecule has 0 bridgehead atoms. The van der Waals surface area contributed by atoms with Crippen LogP contribution in [0.1, 0.15) is 19.8 Å². The van der Waals surface area contributed by atoms with Gasteiger partial charge in [0.2, 0.25) is 0 Å². The minimum atomic E-state index is -0.519. The van der Waals surface area contributed by atoms with E-state index in [0.717, 1.165) is 4.57 Å². The fourth-order valence-electron chi connectivity index (χ4n) is 1.58. The van der Waals surface area contributed by atoms with Crippen LogP contribution in [0.25, 0.3) is 0 Å². The molecule has 100 valence electrons. The summed E-state index contributed by atoms with van der Waals surface area (Å²) in [6.07, 6.45) is 1.85. The van der Waals surface area contributed by atoms with E-state index in [4.69, 9.17) is 5.73 Å². The molecule has 7 heteroatoms. The number of esters is 1. The Bertz CT molecular complexity index is 544. The second-order valence-corrected chi connectivity index (χ2v) is 3.79. The number of anilines is 1. The van der Waals surface area contributed by atoms with Crippen LogP contribution in [0.3, 0.4) is 0 Å². The molecule has 7 nitrogen and oxygen atoms in total. The first-order valence-corrected chi connectivity index (χ1v) is 5.67. The van der Waals surface area contributed by atoms with Gasteiger partial charge in [0.25, 0.3) is 5.56 Å². The number of nitrogens with two attached hydrogens (primary N) is 1. The molecule has 0 unspecified atom stereocenters. The molecule has 1 heterocycles. The smallest absolute Gasteiger partial charge is 0.331 e. The maximum atomic E-state index is 11.9. The molecule has 0 saturated heterocycles. The zero-order valence-electron chi connectivity index (χ0n) is 10.5. The van der Waals surface area contributed by atoms with Gasteiger partial charge in [0, 0.05) is 25.7 Å². The van der Waals surface area contributed by atoms with Crippen molar-refractivity contribution in [2.75, 3.05) is 12.8 Å². The first-order chi connectivity index (χ1) is 8.51. The molecule has 2 N–H and O–H groups in total. The summed E-state index contributed by atoms with van der Waals surface area (Å²) in [6.45, 7) is 2.36. The Hall–Kier alpha value is -2.05. The van der Waals surface area contributed by atoms with Gasteiger partial charge < -0.3 is 10.5 Å². The molecule has 0 aliphatic rings. The summed E-state index contributed by atoms with van der Waals surface area (Å²) < 4.78 is 6.88. The molecular formula is C11H17N3O4. The summed E-state index contributed by atoms with van der Waals surface area (Å²) >= 11 is 0. The van der Waals surface area contributed by atoms with Crippen molar-refractivity contribution < 1.29 is 9.53 Å². The van der Waals surface area contributed by atoms with E-state index < -0.39 is 11.2 Å². The summed E-state index contributed by atoms with van der Waals surface area (Å²) in [6, 6.07) is 0. The Morgan fingerprint density at radius 2 is 2.11 bits per heavy atom. The zero-order valence-corrected chi connectivity index (χ0v) is 10.5. The summed E-state index contributed by atoms with van der Waals surface area (Å²) in [4.78, 5) is 34.5. The molecule has 18 heavy (non-hydrogen) atoms. The van der Waals surface area contributed by atoms with Gasteiger partial charge in [0.15, 0.2) is 0 Å². The van der Waals surface area contributed by atoms with Crippen LogP contribution in [-0.4, -0.2) is 22.2 Å². The van der Waals surface area contributed by atoms with E-state index in [-0.39, 0.29) is 24.6 Å². The fourth-order valence-corrected chi connectivity index (χ4v) is 1.58. The Morgan fingerprint density at radius 1 is 1.44 bits per heavy atom. The minimum Gasteiger partial charge on any atom is -0.469 e. The first-order valence-electron chi connectivity index (χ1n) is 5.67. The Kier molecular flexibility index (Phi) is 4.70. The molecule has 0 spiro atoms. The number of carbonyl (C=O) groups is 1. The number of aryl methyl sites for hydroxylation is 1. The molecule has 0 aliphatic carbocycles. The van der Waals surface area contributed by atoms with Crippen LogP contribution in [0.4, 0.5) is 5.69 Å². The third-order valence-electron chi connectivity index (χ3n) is 2.59. The summed E-state index contributed by atoms with van der Waals surface area (Å²) in [5, 5.41) is 0. The summed E-state index contributed by atoms with van der Waals surface area (Å²) in [7, 11) is 1.29. The van der Waals surface area contributed by atoms with Crippen molar-refractivity contribution in [2.45, 2.75) is 32.9 Å². The minimum absolute atomic E-state index is 0.0227. The van der Waals surface area contributed by atoms with E-state index in [1.165, 1.54) is 17.9 Å². The average Bonchev–Trinajstić information content (AvgIpc) is 2.37. The summed E-state index contributed by atoms with van der Waals surface area (Å²) in [5.74, 6) is -0.372. The van der Waals surface area contributed by atoms with Crippen LogP contribution >= 0.6 is 0 Å². The molecule has 0 aromatic carbocycles. The lowest BCUT2D eigenvalue weighted by atomic mass is 10.3. The maximum absolute atomic E-state index is 11.9. The molecule has 0 radical (unpaired) electrons. The highest BCUT2D eigenvalue weighted by Gasteiger charge is 2.09. The molecule has 0 saturated carbocycles. The van der Waals surface area contributed by atoms with Crippen molar-refractivity contribution in [1.82, 2.24) is 9.13 Å². The number of ether oxygens (including phenoxy) is 1. The highest BCUT2D eigenvalue weighted by molar-refractivity contribution is 5.68. The number of rotatable bonds is 5. The molecule has 0 amide bonds. The lowest BCUT2D eigenvalue weighted by molar-refractivity contribution is -0.140. The van der Waals surface area contributed by atoms with Gasteiger partial charge in [0.1, 0.15) is 5.69 Å². The van der Waals surface area contributed by atoms with E-state index in [2.05, 4.69) is 4.74 Å². The van der Waals surface area contributed by atoms with E-state index in [0.29, 0.717) is 13.0 Å². The van der Waals surface area contributed by atoms with Crippen LogP contribution < -0.4 is 17.0 Å². The Balaban J connectivity index is 2.95. The lowest BCUT2D eigenvalue weighted by Crippen LogP contribution is -2.40. The van der Waals surface area contributed by atoms with Crippen LogP contribution in [0.15, 0.2) is 15.8 Å². The number of aromatic nitrogens is 2. The van der Waals surface area contributed by atoms with Gasteiger partial charge in [0.05, 0.1) is 7.11 Å².